The molecule has 0 aromatic rings. The van der Waals surface area contributed by atoms with Crippen molar-refractivity contribution in [3.05, 3.63) is 0 Å². The largest absolute Gasteiger partial charge is 0.481 e. The third-order valence-corrected chi connectivity index (χ3v) is 15.2. The van der Waals surface area contributed by atoms with Crippen LogP contribution in [-0.2, 0) is 67.1 Å². The van der Waals surface area contributed by atoms with Gasteiger partial charge in [0.15, 0.2) is 12.1 Å². The van der Waals surface area contributed by atoms with Gasteiger partial charge in [-0.2, -0.15) is 0 Å². The zero-order chi connectivity index (χ0) is 66.4. The monoisotopic (exact) mass is 1250 g/mol. The molecule has 88 heavy (non-hydrogen) atoms. The van der Waals surface area contributed by atoms with Crippen LogP contribution in [0.4, 0.5) is 0 Å². The molecule has 2 aliphatic heterocycles. The van der Waals surface area contributed by atoms with Crippen molar-refractivity contribution in [1.82, 2.24) is 52.3 Å². The van der Waals surface area contributed by atoms with Gasteiger partial charge in [0.25, 0.3) is 5.91 Å². The Morgan fingerprint density at radius 1 is 0.602 bits per heavy atom. The number of guanidine groups is 1. The Labute approximate surface area is 512 Å². The summed E-state index contributed by atoms with van der Waals surface area (Å²) in [5.41, 5.74) is 27.4. The predicted molar refractivity (Wildman–Crippen MR) is 318 cm³/mol. The third-order valence-electron chi connectivity index (χ3n) is 15.2. The topological polar surface area (TPSA) is 525 Å². The fourth-order valence-corrected chi connectivity index (χ4v) is 10.2. The number of carboxylic acid groups (broad SMARTS) is 1. The summed E-state index contributed by atoms with van der Waals surface area (Å²) in [5, 5.41) is 40.6. The number of aliphatic imine (C=N–C) groups is 1. The molecule has 0 radical (unpaired) electrons. The van der Waals surface area contributed by atoms with Crippen molar-refractivity contribution in [2.24, 2.45) is 45.5 Å². The fourth-order valence-electron chi connectivity index (χ4n) is 10.2. The lowest BCUT2D eigenvalue weighted by Crippen LogP contribution is -2.62. The first-order chi connectivity index (χ1) is 41.4. The Balaban J connectivity index is 2.80. The number of fused-ring (bicyclic) bond motifs is 1. The number of likely N-dealkylation sites (N-methyl/N-ethyl adjacent to an activating group) is 1. The minimum atomic E-state index is -2.04. The van der Waals surface area contributed by atoms with Gasteiger partial charge in [0.2, 0.25) is 70.9 Å². The number of hydrogen-bond donors (Lipinski definition) is 15. The van der Waals surface area contributed by atoms with E-state index in [1.807, 2.05) is 0 Å². The van der Waals surface area contributed by atoms with Crippen molar-refractivity contribution in [2.75, 3.05) is 26.7 Å². The van der Waals surface area contributed by atoms with E-state index in [-0.39, 0.29) is 44.7 Å². The number of aliphatic hydroxyl groups is 1. The second-order valence-electron chi connectivity index (χ2n) is 23.0. The van der Waals surface area contributed by atoms with Crippen molar-refractivity contribution in [2.45, 2.75) is 224 Å². The number of unbranched alkanes of at least 4 members (excludes halogenated alkanes) is 9. The Morgan fingerprint density at radius 3 is 1.73 bits per heavy atom. The van der Waals surface area contributed by atoms with E-state index >= 15 is 0 Å². The number of carbonyl (C=O) groups excluding carboxylic acids is 13. The number of amides is 13. The molecule has 2 aliphatic rings. The molecule has 32 nitrogen and oxygen atoms in total. The average molecular weight is 1250 g/mol. The van der Waals surface area contributed by atoms with Crippen LogP contribution in [0.1, 0.15) is 163 Å². The van der Waals surface area contributed by atoms with Gasteiger partial charge in [-0.1, -0.05) is 91.9 Å². The van der Waals surface area contributed by atoms with Crippen molar-refractivity contribution in [3.63, 3.8) is 0 Å². The van der Waals surface area contributed by atoms with Crippen LogP contribution in [0.5, 0.6) is 0 Å². The van der Waals surface area contributed by atoms with Crippen LogP contribution in [0.2, 0.25) is 0 Å². The van der Waals surface area contributed by atoms with Crippen LogP contribution < -0.4 is 71.2 Å². The minimum Gasteiger partial charge on any atom is -0.481 e. The van der Waals surface area contributed by atoms with Crippen LogP contribution in [0.25, 0.3) is 0 Å². The van der Waals surface area contributed by atoms with Gasteiger partial charge in [-0.3, -0.25) is 72.1 Å². The highest BCUT2D eigenvalue weighted by atomic mass is 16.4. The molecule has 0 aromatic heterocycles. The molecule has 0 aliphatic carbocycles. The van der Waals surface area contributed by atoms with Crippen molar-refractivity contribution in [3.8, 4) is 0 Å². The van der Waals surface area contributed by atoms with Crippen LogP contribution in [0.3, 0.4) is 0 Å². The van der Waals surface area contributed by atoms with Gasteiger partial charge in [0.1, 0.15) is 48.3 Å². The van der Waals surface area contributed by atoms with Gasteiger partial charge in [0.05, 0.1) is 31.8 Å². The molecular formula is C56H96N16O16. The van der Waals surface area contributed by atoms with Crippen molar-refractivity contribution in [1.29, 1.82) is 0 Å². The van der Waals surface area contributed by atoms with Crippen LogP contribution >= 0.6 is 0 Å². The fraction of sp³-hybridized carbons (Fsp3) is 0.732. The molecule has 11 atom stereocenters. The van der Waals surface area contributed by atoms with E-state index < -0.39 is 194 Å². The number of hydrogen-bond acceptors (Lipinski definition) is 16. The maximum atomic E-state index is 14.8. The Hall–Kier alpha value is -8.19. The van der Waals surface area contributed by atoms with Gasteiger partial charge in [-0.15, -0.1) is 0 Å². The van der Waals surface area contributed by atoms with Gasteiger partial charge < -0.3 is 91.2 Å². The summed E-state index contributed by atoms with van der Waals surface area (Å²) in [6, 6.07) is -14.7. The molecule has 20 N–H and O–H groups in total. The highest BCUT2D eigenvalue weighted by Crippen LogP contribution is 2.24. The second kappa shape index (κ2) is 38.9. The van der Waals surface area contributed by atoms with Gasteiger partial charge in [-0.25, -0.2) is 0 Å². The summed E-state index contributed by atoms with van der Waals surface area (Å²) in [6.45, 7) is 7.04. The highest BCUT2D eigenvalue weighted by Gasteiger charge is 2.44. The average Bonchev–Trinajstić information content (AvgIpc) is 3.46. The first-order valence-electron chi connectivity index (χ1n) is 30.2. The molecule has 0 saturated carbocycles. The lowest BCUT2D eigenvalue weighted by Gasteiger charge is -2.36. The third kappa shape index (κ3) is 26.8. The molecule has 2 rings (SSSR count). The number of aliphatic carboxylic acids is 1. The molecule has 0 unspecified atom stereocenters. The van der Waals surface area contributed by atoms with Gasteiger partial charge >= 0.3 is 5.97 Å². The number of carboxylic acids is 1. The maximum Gasteiger partial charge on any atom is 0.305 e. The molecule has 32 heteroatoms. The minimum absolute atomic E-state index is 0.0261. The first-order valence-corrected chi connectivity index (χ1v) is 30.2. The number of nitrogens with zero attached hydrogens (tertiary/aromatic N) is 3. The molecule has 0 aromatic carbocycles. The molecule has 2 saturated heterocycles. The summed E-state index contributed by atoms with van der Waals surface area (Å²) < 4.78 is 0. The molecule has 13 amide bonds. The van der Waals surface area contributed by atoms with E-state index in [0.717, 1.165) is 68.7 Å². The molecule has 0 spiro atoms. The highest BCUT2D eigenvalue weighted by molar-refractivity contribution is 6.00. The Bertz CT molecular complexity index is 2480. The Kier molecular flexibility index (Phi) is 33.5. The normalized spacial score (nSPS) is 25.0. The summed E-state index contributed by atoms with van der Waals surface area (Å²) in [6.07, 6.45) is 4.69. The number of aliphatic hydroxyl groups excluding tert-OH is 1. The molecule has 496 valence electrons. The summed E-state index contributed by atoms with van der Waals surface area (Å²) in [7, 11) is 1.16. The zero-order valence-electron chi connectivity index (χ0n) is 51.5. The number of nitrogens with two attached hydrogens (primary N) is 5. The standard InChI is InChI=1S/C56H96N16O16/c1-7-8-9-10-11-12-13-14-15-16-19-31(4)45-46(79)53(86)69-44(30(2)3)52(85)64-32(5)47(80)67-36(27-43(77)78)50(83)68-35(26-40(58)74)49(82)66-33(22-23-39(57)73)48(81)63-29-42(76)65-34(20-17-24-62-56(60)61)54(87)71(6)38(28-41(59)75)55(88)72-25-18-21-37(72)51(84)70-45/h30-38,44-46,79H,7-29H2,1-6H3,(H2,57,73)(H2,58,74)(H2,59,75)(H,63,81)(H,64,85)(H,65,76)(H,66,82)(H,67,80)(H,68,83)(H,69,86)(H,70,84)(H,77,78)(H4,60,61,62)/t31-,32-,33-,34-,35-,36+,37-,38-,44-,45+,46+/m0/s1. The van der Waals surface area contributed by atoms with Gasteiger partial charge in [0, 0.05) is 26.6 Å². The molecule has 0 bridgehead atoms. The molecule has 2 fully saturated rings. The maximum absolute atomic E-state index is 14.8. The SMILES string of the molecule is CCCCCCCCCCCC[C@H](C)[C@H]1NC(=O)[C@@H]2CCCN2C(=O)[C@H](CC(N)=O)N(C)C(=O)[C@H](CCCN=C(N)N)NC(=O)CNC(=O)[C@H](CCC(N)=O)NC(=O)[C@H](CC(N)=O)NC(=O)[C@@H](CC(=O)O)NC(=O)[C@H](C)NC(=O)[C@H](C(C)C)NC(=O)[C@@H]1O. The number of rotatable bonds is 26. The van der Waals surface area contributed by atoms with E-state index in [1.54, 1.807) is 6.92 Å². The second-order valence-corrected chi connectivity index (χ2v) is 23.0. The lowest BCUT2D eigenvalue weighted by molar-refractivity contribution is -0.150. The molecular weight excluding hydrogens is 1150 g/mol. The van der Waals surface area contributed by atoms with Crippen LogP contribution in [-0.4, -0.2) is 196 Å². The smallest absolute Gasteiger partial charge is 0.305 e. The van der Waals surface area contributed by atoms with E-state index in [2.05, 4.69) is 54.5 Å². The summed E-state index contributed by atoms with van der Waals surface area (Å²) in [5.74, 6) is -17.3. The molecule has 2 heterocycles. The lowest BCUT2D eigenvalue weighted by atomic mass is 9.90. The van der Waals surface area contributed by atoms with E-state index in [0.29, 0.717) is 12.8 Å². The number of carbonyl (C=O) groups is 14. The summed E-state index contributed by atoms with van der Waals surface area (Å²) in [4.78, 5) is 196. The van der Waals surface area contributed by atoms with Crippen LogP contribution in [0, 0.1) is 11.8 Å². The Morgan fingerprint density at radius 2 is 1.17 bits per heavy atom. The van der Waals surface area contributed by atoms with E-state index in [4.69, 9.17) is 28.7 Å². The quantitative estimate of drug-likeness (QED) is 0.0222. The van der Waals surface area contributed by atoms with Gasteiger partial charge in [-0.05, 0) is 57.3 Å². The predicted octanol–water partition coefficient (Wildman–Crippen LogP) is -4.14. The van der Waals surface area contributed by atoms with Crippen LogP contribution in [0.15, 0.2) is 4.99 Å². The van der Waals surface area contributed by atoms with Crippen molar-refractivity contribution >= 4 is 88.7 Å². The number of nitrogens with one attached hydrogen (secondary N) is 8. The number of primary amides is 3. The summed E-state index contributed by atoms with van der Waals surface area (Å²) >= 11 is 0. The first kappa shape index (κ1) is 75.9. The van der Waals surface area contributed by atoms with E-state index in [1.165, 1.54) is 26.7 Å². The zero-order valence-corrected chi connectivity index (χ0v) is 51.5. The van der Waals surface area contributed by atoms with Crippen molar-refractivity contribution < 1.29 is 77.3 Å². The van der Waals surface area contributed by atoms with E-state index in [9.17, 15) is 77.3 Å².